The number of carbonyl (C=O) groups is 1. The van der Waals surface area contributed by atoms with Crippen LogP contribution in [-0.2, 0) is 17.6 Å². The molecule has 2 aromatic heterocycles. The molecule has 3 heterocycles. The van der Waals surface area contributed by atoms with E-state index in [0.717, 1.165) is 30.5 Å². The number of ether oxygens (including phenoxy) is 1. The van der Waals surface area contributed by atoms with E-state index in [1.165, 1.54) is 0 Å². The largest absolute Gasteiger partial charge is 0.362 e. The second-order valence-electron chi connectivity index (χ2n) is 6.21. The van der Waals surface area contributed by atoms with Crippen molar-refractivity contribution in [1.82, 2.24) is 25.2 Å². The molecular formula is C15H19N5O3. The van der Waals surface area contributed by atoms with Crippen LogP contribution in [0.1, 0.15) is 52.9 Å². The predicted molar refractivity (Wildman–Crippen MR) is 78.8 cm³/mol. The minimum atomic E-state index is -0.393. The third-order valence-corrected chi connectivity index (χ3v) is 4.38. The highest BCUT2D eigenvalue weighted by molar-refractivity contribution is 5.94. The summed E-state index contributed by atoms with van der Waals surface area (Å²) in [6, 6.07) is 0. The molecule has 1 aliphatic carbocycles. The monoisotopic (exact) mass is 317 g/mol. The van der Waals surface area contributed by atoms with E-state index in [1.54, 1.807) is 11.8 Å². The van der Waals surface area contributed by atoms with Crippen molar-refractivity contribution in [2.24, 2.45) is 0 Å². The molecule has 0 spiro atoms. The van der Waals surface area contributed by atoms with E-state index in [4.69, 9.17) is 9.26 Å². The van der Waals surface area contributed by atoms with Gasteiger partial charge in [0.2, 0.25) is 0 Å². The van der Waals surface area contributed by atoms with Crippen LogP contribution in [0.25, 0.3) is 0 Å². The summed E-state index contributed by atoms with van der Waals surface area (Å²) < 4.78 is 11.1. The van der Waals surface area contributed by atoms with E-state index in [-0.39, 0.29) is 12.0 Å². The lowest BCUT2D eigenvalue weighted by molar-refractivity contribution is -0.0811. The molecule has 23 heavy (non-hydrogen) atoms. The number of amides is 1. The zero-order valence-electron chi connectivity index (χ0n) is 13.2. The molecule has 0 radical (unpaired) electrons. The number of H-pyrrole nitrogens is 1. The Morgan fingerprint density at radius 2 is 2.22 bits per heavy atom. The zero-order valence-corrected chi connectivity index (χ0v) is 13.2. The lowest BCUT2D eigenvalue weighted by Gasteiger charge is -2.35. The topological polar surface area (TPSA) is 97.1 Å². The minimum absolute atomic E-state index is 0.0548. The Morgan fingerprint density at radius 3 is 3.00 bits per heavy atom. The summed E-state index contributed by atoms with van der Waals surface area (Å²) in [6.07, 6.45) is 2.47. The van der Waals surface area contributed by atoms with E-state index in [9.17, 15) is 4.79 Å². The summed E-state index contributed by atoms with van der Waals surface area (Å²) in [5.41, 5.74) is 2.71. The summed E-state index contributed by atoms with van der Waals surface area (Å²) in [5.74, 6) is 0.921. The van der Waals surface area contributed by atoms with Gasteiger partial charge in [-0.3, -0.25) is 9.89 Å². The minimum Gasteiger partial charge on any atom is -0.362 e. The number of nitrogens with one attached hydrogen (secondary N) is 1. The number of aromatic nitrogens is 4. The number of hydrogen-bond donors (Lipinski definition) is 1. The Morgan fingerprint density at radius 1 is 1.35 bits per heavy atom. The summed E-state index contributed by atoms with van der Waals surface area (Å²) >= 11 is 0. The Balaban J connectivity index is 1.56. The van der Waals surface area contributed by atoms with Crippen molar-refractivity contribution in [2.75, 3.05) is 13.1 Å². The molecule has 1 fully saturated rings. The molecule has 0 aromatic carbocycles. The average Bonchev–Trinajstić information content (AvgIpc) is 3.21. The quantitative estimate of drug-likeness (QED) is 0.893. The zero-order chi connectivity index (χ0) is 16.0. The highest BCUT2D eigenvalue weighted by Gasteiger charge is 2.35. The molecule has 0 saturated carbocycles. The fourth-order valence-electron chi connectivity index (χ4n) is 3.34. The fraction of sp³-hybridized carbons (Fsp3) is 0.600. The van der Waals surface area contributed by atoms with Crippen molar-refractivity contribution in [1.29, 1.82) is 0 Å². The summed E-state index contributed by atoms with van der Waals surface area (Å²) in [7, 11) is 0. The smallest absolute Gasteiger partial charge is 0.274 e. The van der Waals surface area contributed by atoms with Crippen molar-refractivity contribution in [3.63, 3.8) is 0 Å². The van der Waals surface area contributed by atoms with Crippen molar-refractivity contribution in [3.8, 4) is 0 Å². The van der Waals surface area contributed by atoms with Crippen LogP contribution in [0.5, 0.6) is 0 Å². The van der Waals surface area contributed by atoms with Gasteiger partial charge in [-0.15, -0.1) is 0 Å². The highest BCUT2D eigenvalue weighted by Crippen LogP contribution is 2.28. The first-order valence-electron chi connectivity index (χ1n) is 7.93. The van der Waals surface area contributed by atoms with Gasteiger partial charge in [0.05, 0.1) is 12.6 Å². The molecule has 8 heteroatoms. The molecule has 1 amide bonds. The number of fused-ring (bicyclic) bond motifs is 1. The van der Waals surface area contributed by atoms with Crippen LogP contribution in [0.15, 0.2) is 4.52 Å². The highest BCUT2D eigenvalue weighted by atomic mass is 16.5. The van der Waals surface area contributed by atoms with Gasteiger partial charge < -0.3 is 14.2 Å². The van der Waals surface area contributed by atoms with Crippen LogP contribution in [0, 0.1) is 6.92 Å². The van der Waals surface area contributed by atoms with E-state index in [1.807, 2.05) is 6.92 Å². The molecule has 0 unspecified atom stereocenters. The van der Waals surface area contributed by atoms with Gasteiger partial charge in [-0.1, -0.05) is 5.16 Å². The van der Waals surface area contributed by atoms with Crippen LogP contribution in [0.2, 0.25) is 0 Å². The normalized spacial score (nSPS) is 24.0. The molecule has 2 aromatic rings. The standard InChI is InChI=1S/C15H19N5O3/c1-8-6-20(7-12(22-8)14-16-9(2)19-23-14)15(21)13-10-4-3-5-11(10)17-18-13/h8,12H,3-7H2,1-2H3,(H,17,18)/t8-,12-/m1/s1. The average molecular weight is 317 g/mol. The summed E-state index contributed by atoms with van der Waals surface area (Å²) in [5, 5.41) is 11.0. The first kappa shape index (κ1) is 14.4. The van der Waals surface area contributed by atoms with Crippen LogP contribution in [0.3, 0.4) is 0 Å². The van der Waals surface area contributed by atoms with E-state index in [0.29, 0.717) is 30.5 Å². The molecule has 8 nitrogen and oxygen atoms in total. The number of aryl methyl sites for hydroxylation is 2. The van der Waals surface area contributed by atoms with Gasteiger partial charge in [0, 0.05) is 17.8 Å². The fourth-order valence-corrected chi connectivity index (χ4v) is 3.34. The summed E-state index contributed by atoms with van der Waals surface area (Å²) in [6.45, 7) is 4.62. The van der Waals surface area contributed by atoms with Crippen molar-refractivity contribution < 1.29 is 14.1 Å². The molecule has 4 rings (SSSR count). The van der Waals surface area contributed by atoms with Gasteiger partial charge in [-0.2, -0.15) is 10.1 Å². The predicted octanol–water partition coefficient (Wildman–Crippen LogP) is 1.19. The molecule has 0 bridgehead atoms. The molecule has 2 aliphatic rings. The second kappa shape index (κ2) is 5.45. The number of hydrogen-bond acceptors (Lipinski definition) is 6. The molecule has 2 atom stereocenters. The Labute approximate surface area is 133 Å². The van der Waals surface area contributed by atoms with Crippen LogP contribution < -0.4 is 0 Å². The lowest BCUT2D eigenvalue weighted by atomic mass is 10.1. The number of rotatable bonds is 2. The van der Waals surface area contributed by atoms with Gasteiger partial charge in [-0.05, 0) is 33.1 Å². The van der Waals surface area contributed by atoms with E-state index in [2.05, 4.69) is 20.3 Å². The Kier molecular flexibility index (Phi) is 3.41. The maximum atomic E-state index is 12.9. The van der Waals surface area contributed by atoms with Crippen molar-refractivity contribution in [3.05, 3.63) is 28.7 Å². The third kappa shape index (κ3) is 2.52. The van der Waals surface area contributed by atoms with Gasteiger partial charge in [0.25, 0.3) is 11.8 Å². The van der Waals surface area contributed by atoms with Crippen molar-refractivity contribution in [2.45, 2.75) is 45.3 Å². The van der Waals surface area contributed by atoms with Crippen molar-refractivity contribution >= 4 is 5.91 Å². The first-order chi connectivity index (χ1) is 11.1. The third-order valence-electron chi connectivity index (χ3n) is 4.38. The number of morpholine rings is 1. The SMILES string of the molecule is Cc1noc([C@H]2CN(C(=O)c3n[nH]c4c3CCC4)C[C@@H](C)O2)n1. The van der Waals surface area contributed by atoms with Gasteiger partial charge in [0.15, 0.2) is 17.6 Å². The number of aromatic amines is 1. The molecule has 1 aliphatic heterocycles. The maximum Gasteiger partial charge on any atom is 0.274 e. The lowest BCUT2D eigenvalue weighted by Crippen LogP contribution is -2.46. The molecular weight excluding hydrogens is 298 g/mol. The van der Waals surface area contributed by atoms with Crippen LogP contribution in [-0.4, -0.2) is 50.3 Å². The molecule has 1 saturated heterocycles. The summed E-state index contributed by atoms with van der Waals surface area (Å²) in [4.78, 5) is 18.9. The van der Waals surface area contributed by atoms with E-state index >= 15 is 0 Å². The molecule has 1 N–H and O–H groups in total. The molecule has 122 valence electrons. The first-order valence-corrected chi connectivity index (χ1v) is 7.93. The van der Waals surface area contributed by atoms with Gasteiger partial charge >= 0.3 is 0 Å². The van der Waals surface area contributed by atoms with E-state index < -0.39 is 6.10 Å². The number of nitrogens with zero attached hydrogens (tertiary/aromatic N) is 4. The van der Waals surface area contributed by atoms with Crippen LogP contribution >= 0.6 is 0 Å². The Hall–Kier alpha value is -2.22. The Bertz CT molecular complexity index is 737. The second-order valence-corrected chi connectivity index (χ2v) is 6.21. The van der Waals surface area contributed by atoms with Crippen LogP contribution in [0.4, 0.5) is 0 Å². The van der Waals surface area contributed by atoms with Gasteiger partial charge in [-0.25, -0.2) is 0 Å². The van der Waals surface area contributed by atoms with Gasteiger partial charge in [0.1, 0.15) is 0 Å². The maximum absolute atomic E-state index is 12.9. The number of carbonyl (C=O) groups excluding carboxylic acids is 1.